The molecule has 1 amide bonds. The fraction of sp³-hybridized carbons (Fsp3) is 0.167. The fourth-order valence-corrected chi connectivity index (χ4v) is 3.32. The lowest BCUT2D eigenvalue weighted by Gasteiger charge is -2.15. The summed E-state index contributed by atoms with van der Waals surface area (Å²) >= 11 is 7.29. The van der Waals surface area contributed by atoms with Crippen LogP contribution in [0.4, 0.5) is 0 Å². The van der Waals surface area contributed by atoms with Gasteiger partial charge in [-0.1, -0.05) is 65.8 Å². The molecule has 0 saturated carbocycles. The van der Waals surface area contributed by atoms with Crippen molar-refractivity contribution < 1.29 is 4.79 Å². The van der Waals surface area contributed by atoms with E-state index in [1.165, 1.54) is 11.8 Å². The van der Waals surface area contributed by atoms with Gasteiger partial charge in [-0.15, -0.1) is 5.10 Å². The molecule has 1 saturated heterocycles. The van der Waals surface area contributed by atoms with Crippen molar-refractivity contribution in [3.8, 4) is 0 Å². The average molecular weight is 358 g/mol. The van der Waals surface area contributed by atoms with Gasteiger partial charge in [-0.25, -0.2) is 0 Å². The molecule has 1 aliphatic heterocycles. The molecule has 1 fully saturated rings. The molecule has 0 N–H and O–H groups in total. The van der Waals surface area contributed by atoms with E-state index < -0.39 is 0 Å². The molecule has 1 heterocycles. The number of benzene rings is 2. The van der Waals surface area contributed by atoms with Crippen LogP contribution in [-0.2, 0) is 11.3 Å². The summed E-state index contributed by atoms with van der Waals surface area (Å²) in [7, 11) is 0. The summed E-state index contributed by atoms with van der Waals surface area (Å²) in [4.78, 5) is 14.0. The first-order valence-corrected chi connectivity index (χ1v) is 8.78. The third-order valence-corrected chi connectivity index (χ3v) is 4.85. The van der Waals surface area contributed by atoms with Gasteiger partial charge in [0, 0.05) is 5.02 Å². The zero-order valence-corrected chi connectivity index (χ0v) is 14.7. The Bertz CT molecular complexity index is 775. The molecule has 2 aromatic rings. The van der Waals surface area contributed by atoms with Crippen LogP contribution in [0.3, 0.4) is 0 Å². The summed E-state index contributed by atoms with van der Waals surface area (Å²) < 4.78 is 0. The minimum atomic E-state index is -0.141. The molecule has 2 aromatic carbocycles. The van der Waals surface area contributed by atoms with E-state index in [-0.39, 0.29) is 11.2 Å². The third kappa shape index (κ3) is 4.04. The highest BCUT2D eigenvalue weighted by atomic mass is 35.5. The first-order valence-electron chi connectivity index (χ1n) is 7.52. The number of hydrogen-bond acceptors (Lipinski definition) is 4. The lowest BCUT2D eigenvalue weighted by Crippen LogP contribution is -2.30. The predicted octanol–water partition coefficient (Wildman–Crippen LogP) is 4.19. The van der Waals surface area contributed by atoms with Crippen molar-refractivity contribution in [3.63, 3.8) is 0 Å². The molecule has 0 radical (unpaired) electrons. The first kappa shape index (κ1) is 16.7. The summed E-state index contributed by atoms with van der Waals surface area (Å²) in [6.07, 6.45) is 1.65. The van der Waals surface area contributed by atoms with Crippen LogP contribution < -0.4 is 0 Å². The van der Waals surface area contributed by atoms with Gasteiger partial charge in [0.15, 0.2) is 5.17 Å². The van der Waals surface area contributed by atoms with Crippen molar-refractivity contribution >= 4 is 40.7 Å². The van der Waals surface area contributed by atoms with Gasteiger partial charge in [-0.3, -0.25) is 9.69 Å². The molecule has 1 atom stereocenters. The third-order valence-electron chi connectivity index (χ3n) is 3.53. The van der Waals surface area contributed by atoms with Gasteiger partial charge >= 0.3 is 0 Å². The van der Waals surface area contributed by atoms with Crippen molar-refractivity contribution in [1.29, 1.82) is 0 Å². The van der Waals surface area contributed by atoms with Crippen LogP contribution in [0, 0.1) is 0 Å². The lowest BCUT2D eigenvalue weighted by atomic mass is 10.2. The van der Waals surface area contributed by atoms with Gasteiger partial charge in [0.1, 0.15) is 0 Å². The second-order valence-corrected chi connectivity index (χ2v) is 7.09. The highest BCUT2D eigenvalue weighted by Gasteiger charge is 2.35. The SMILES string of the molecule is CC1S/C(=N\N=C\c2ccc(Cl)cc2)N(Cc2ccccc2)C1=O. The molecule has 3 rings (SSSR count). The molecule has 24 heavy (non-hydrogen) atoms. The number of halogens is 1. The summed E-state index contributed by atoms with van der Waals surface area (Å²) in [5, 5.41) is 9.52. The number of carbonyl (C=O) groups excluding carboxylic acids is 1. The van der Waals surface area contributed by atoms with Gasteiger partial charge in [0.25, 0.3) is 0 Å². The number of amidine groups is 1. The molecule has 0 bridgehead atoms. The molecule has 4 nitrogen and oxygen atoms in total. The van der Waals surface area contributed by atoms with E-state index in [1.807, 2.05) is 49.4 Å². The van der Waals surface area contributed by atoms with Crippen molar-refractivity contribution in [2.24, 2.45) is 10.2 Å². The predicted molar refractivity (Wildman–Crippen MR) is 101 cm³/mol. The minimum Gasteiger partial charge on any atom is -0.284 e. The van der Waals surface area contributed by atoms with Crippen LogP contribution in [0.1, 0.15) is 18.1 Å². The fourth-order valence-electron chi connectivity index (χ4n) is 2.27. The molecular weight excluding hydrogens is 342 g/mol. The Balaban J connectivity index is 1.76. The van der Waals surface area contributed by atoms with Crippen molar-refractivity contribution in [1.82, 2.24) is 4.90 Å². The van der Waals surface area contributed by atoms with Gasteiger partial charge in [0.2, 0.25) is 5.91 Å². The second-order valence-electron chi connectivity index (χ2n) is 5.35. The van der Waals surface area contributed by atoms with Crippen molar-refractivity contribution in [3.05, 3.63) is 70.7 Å². The van der Waals surface area contributed by atoms with E-state index in [0.29, 0.717) is 16.7 Å². The van der Waals surface area contributed by atoms with Crippen LogP contribution >= 0.6 is 23.4 Å². The topological polar surface area (TPSA) is 45.0 Å². The Morgan fingerprint density at radius 3 is 2.58 bits per heavy atom. The Hall–Kier alpha value is -2.11. The number of nitrogens with zero attached hydrogens (tertiary/aromatic N) is 3. The van der Waals surface area contributed by atoms with Gasteiger partial charge < -0.3 is 0 Å². The molecule has 0 aromatic heterocycles. The molecular formula is C18H16ClN3OS. The van der Waals surface area contributed by atoms with Crippen molar-refractivity contribution in [2.45, 2.75) is 18.7 Å². The largest absolute Gasteiger partial charge is 0.284 e. The monoisotopic (exact) mass is 357 g/mol. The summed E-state index contributed by atoms with van der Waals surface area (Å²) in [5.74, 6) is 0.0595. The Kier molecular flexibility index (Phi) is 5.33. The Morgan fingerprint density at radius 1 is 1.17 bits per heavy atom. The maximum atomic E-state index is 12.3. The van der Waals surface area contributed by atoms with Gasteiger partial charge in [-0.05, 0) is 30.2 Å². The van der Waals surface area contributed by atoms with E-state index in [0.717, 1.165) is 11.1 Å². The van der Waals surface area contributed by atoms with Crippen molar-refractivity contribution in [2.75, 3.05) is 0 Å². The number of thioether (sulfide) groups is 1. The highest BCUT2D eigenvalue weighted by Crippen LogP contribution is 2.28. The Morgan fingerprint density at radius 2 is 1.88 bits per heavy atom. The van der Waals surface area contributed by atoms with Gasteiger partial charge in [-0.2, -0.15) is 5.10 Å². The average Bonchev–Trinajstić information content (AvgIpc) is 2.85. The minimum absolute atomic E-state index is 0.0595. The van der Waals surface area contributed by atoms with E-state index in [9.17, 15) is 4.79 Å². The van der Waals surface area contributed by atoms with Crippen LogP contribution in [0.2, 0.25) is 5.02 Å². The summed E-state index contributed by atoms with van der Waals surface area (Å²) in [6, 6.07) is 17.2. The van der Waals surface area contributed by atoms with E-state index >= 15 is 0 Å². The smallest absolute Gasteiger partial charge is 0.242 e. The van der Waals surface area contributed by atoms with Crippen LogP contribution in [0.15, 0.2) is 64.8 Å². The molecule has 0 aliphatic carbocycles. The number of hydrogen-bond donors (Lipinski definition) is 0. The first-order chi connectivity index (χ1) is 11.6. The quantitative estimate of drug-likeness (QED) is 0.608. The number of carbonyl (C=O) groups is 1. The zero-order chi connectivity index (χ0) is 16.9. The summed E-state index contributed by atoms with van der Waals surface area (Å²) in [6.45, 7) is 2.39. The molecule has 0 spiro atoms. The van der Waals surface area contributed by atoms with E-state index in [4.69, 9.17) is 11.6 Å². The maximum absolute atomic E-state index is 12.3. The Labute approximate surface area is 150 Å². The second kappa shape index (κ2) is 7.64. The molecule has 1 aliphatic rings. The van der Waals surface area contributed by atoms with Crippen LogP contribution in [-0.4, -0.2) is 27.4 Å². The van der Waals surface area contributed by atoms with Crippen LogP contribution in [0.25, 0.3) is 0 Å². The molecule has 122 valence electrons. The van der Waals surface area contributed by atoms with E-state index in [1.54, 1.807) is 23.2 Å². The highest BCUT2D eigenvalue weighted by molar-refractivity contribution is 8.15. The summed E-state index contributed by atoms with van der Waals surface area (Å²) in [5.41, 5.74) is 1.97. The zero-order valence-electron chi connectivity index (χ0n) is 13.1. The normalized spacial score (nSPS) is 19.6. The van der Waals surface area contributed by atoms with Crippen LogP contribution in [0.5, 0.6) is 0 Å². The number of rotatable bonds is 4. The lowest BCUT2D eigenvalue weighted by molar-refractivity contribution is -0.126. The molecule has 6 heteroatoms. The maximum Gasteiger partial charge on any atom is 0.242 e. The molecule has 1 unspecified atom stereocenters. The standard InChI is InChI=1S/C18H16ClN3OS/c1-13-17(23)22(12-15-5-3-2-4-6-15)18(24-13)21-20-11-14-7-9-16(19)10-8-14/h2-11,13H,12H2,1H3/b20-11+,21-18-. The number of amides is 1. The van der Waals surface area contributed by atoms with Gasteiger partial charge in [0.05, 0.1) is 18.0 Å². The van der Waals surface area contributed by atoms with E-state index in [2.05, 4.69) is 10.2 Å².